The Morgan fingerprint density at radius 1 is 0.255 bits per heavy atom. The summed E-state index contributed by atoms with van der Waals surface area (Å²) >= 11 is 0. The lowest BCUT2D eigenvalue weighted by molar-refractivity contribution is 1.17. The average Bonchev–Trinajstić information content (AvgIpc) is 3.84. The van der Waals surface area contributed by atoms with Crippen molar-refractivity contribution in [2.45, 2.75) is 0 Å². The normalized spacial score (nSPS) is 11.9. The van der Waals surface area contributed by atoms with Gasteiger partial charge in [0.05, 0.1) is 33.1 Å². The van der Waals surface area contributed by atoms with Gasteiger partial charge in [0.15, 0.2) is 0 Å². The fourth-order valence-corrected chi connectivity index (χ4v) is 8.44. The first-order chi connectivity index (χ1) is 25.3. The Labute approximate surface area is 294 Å². The largest absolute Gasteiger partial charge is 0.309 e. The number of nitrogens with zero attached hydrogens (tertiary/aromatic N) is 3. The monoisotopic (exact) mass is 649 g/mol. The number of hydrogen-bond donors (Lipinski definition) is 0. The van der Waals surface area contributed by atoms with Crippen molar-refractivity contribution in [1.29, 1.82) is 0 Å². The van der Waals surface area contributed by atoms with Crippen molar-refractivity contribution in [3.05, 3.63) is 188 Å². The van der Waals surface area contributed by atoms with E-state index in [2.05, 4.69) is 202 Å². The zero-order chi connectivity index (χ0) is 33.5. The summed E-state index contributed by atoms with van der Waals surface area (Å²) < 4.78 is 7.26. The van der Waals surface area contributed by atoms with Gasteiger partial charge in [0.2, 0.25) is 0 Å². The summed E-state index contributed by atoms with van der Waals surface area (Å²) in [5.74, 6) is 0. The van der Waals surface area contributed by atoms with Crippen LogP contribution >= 0.6 is 0 Å². The standard InChI is InChI=1S/C48H31N3/c1-3-13-34(14-4-1)50-44-22-12-9-19-41(44)47-45(50)30-29-40-39-28-25-33(31-46(39)51(48(40)47)35-15-5-2-6-16-35)32-23-26-36(27-24-32)49-42-20-10-7-17-37(42)38-18-8-11-21-43(38)49/h1-31H. The Balaban J connectivity index is 1.15. The summed E-state index contributed by atoms with van der Waals surface area (Å²) in [5, 5.41) is 7.57. The van der Waals surface area contributed by atoms with Crippen molar-refractivity contribution >= 4 is 65.4 Å². The maximum absolute atomic E-state index is 2.48. The average molecular weight is 650 g/mol. The van der Waals surface area contributed by atoms with Gasteiger partial charge in [-0.15, -0.1) is 0 Å². The van der Waals surface area contributed by atoms with E-state index in [1.54, 1.807) is 0 Å². The number of hydrogen-bond acceptors (Lipinski definition) is 0. The summed E-state index contributed by atoms with van der Waals surface area (Å²) in [4.78, 5) is 0. The summed E-state index contributed by atoms with van der Waals surface area (Å²) in [7, 11) is 0. The maximum atomic E-state index is 2.48. The van der Waals surface area contributed by atoms with E-state index in [0.717, 1.165) is 17.1 Å². The molecule has 3 heterocycles. The van der Waals surface area contributed by atoms with Gasteiger partial charge >= 0.3 is 0 Å². The number of para-hydroxylation sites is 5. The van der Waals surface area contributed by atoms with Crippen molar-refractivity contribution in [2.75, 3.05) is 0 Å². The fraction of sp³-hybridized carbons (Fsp3) is 0. The molecule has 238 valence electrons. The molecule has 0 N–H and O–H groups in total. The van der Waals surface area contributed by atoms with Crippen LogP contribution in [0.3, 0.4) is 0 Å². The highest BCUT2D eigenvalue weighted by molar-refractivity contribution is 6.26. The summed E-state index contributed by atoms with van der Waals surface area (Å²) in [6.45, 7) is 0. The molecule has 0 aliphatic rings. The third kappa shape index (κ3) is 4.06. The molecule has 0 amide bonds. The molecule has 0 saturated heterocycles. The molecule has 0 atom stereocenters. The molecule has 0 saturated carbocycles. The highest BCUT2D eigenvalue weighted by atomic mass is 15.0. The van der Waals surface area contributed by atoms with Crippen LogP contribution in [-0.2, 0) is 0 Å². The van der Waals surface area contributed by atoms with E-state index in [-0.39, 0.29) is 0 Å². The molecule has 0 aliphatic heterocycles. The van der Waals surface area contributed by atoms with Gasteiger partial charge in [0.25, 0.3) is 0 Å². The predicted molar refractivity (Wildman–Crippen MR) is 215 cm³/mol. The fourth-order valence-electron chi connectivity index (χ4n) is 8.44. The molecule has 51 heavy (non-hydrogen) atoms. The Morgan fingerprint density at radius 2 is 0.706 bits per heavy atom. The van der Waals surface area contributed by atoms with E-state index in [1.807, 2.05) is 0 Å². The molecule has 0 unspecified atom stereocenters. The van der Waals surface area contributed by atoms with Crippen LogP contribution in [0.1, 0.15) is 0 Å². The molecular formula is C48H31N3. The predicted octanol–water partition coefficient (Wildman–Crippen LogP) is 12.6. The Bertz CT molecular complexity index is 3050. The molecule has 0 aliphatic carbocycles. The molecule has 0 bridgehead atoms. The lowest BCUT2D eigenvalue weighted by Crippen LogP contribution is -1.95. The topological polar surface area (TPSA) is 14.8 Å². The molecule has 3 aromatic heterocycles. The van der Waals surface area contributed by atoms with Crippen molar-refractivity contribution in [3.63, 3.8) is 0 Å². The van der Waals surface area contributed by atoms with Crippen LogP contribution in [0.15, 0.2) is 188 Å². The number of aromatic nitrogens is 3. The van der Waals surface area contributed by atoms with E-state index < -0.39 is 0 Å². The first-order valence-electron chi connectivity index (χ1n) is 17.5. The number of benzene rings is 8. The van der Waals surface area contributed by atoms with Crippen molar-refractivity contribution < 1.29 is 0 Å². The summed E-state index contributed by atoms with van der Waals surface area (Å²) in [6, 6.07) is 68.3. The van der Waals surface area contributed by atoms with Crippen molar-refractivity contribution in [1.82, 2.24) is 13.7 Å². The summed E-state index contributed by atoms with van der Waals surface area (Å²) in [5.41, 5.74) is 13.2. The molecule has 8 aromatic carbocycles. The minimum atomic E-state index is 1.15. The van der Waals surface area contributed by atoms with Crippen molar-refractivity contribution in [2.24, 2.45) is 0 Å². The van der Waals surface area contributed by atoms with E-state index in [9.17, 15) is 0 Å². The SMILES string of the molecule is c1ccc(-n2c3ccccc3c3c2ccc2c4ccc(-c5ccc(-n6c7ccccc7c7ccccc76)cc5)cc4n(-c4ccccc4)c23)cc1. The van der Waals surface area contributed by atoms with Crippen LogP contribution < -0.4 is 0 Å². The van der Waals surface area contributed by atoms with Crippen LogP contribution in [0.25, 0.3) is 93.6 Å². The second-order valence-corrected chi connectivity index (χ2v) is 13.4. The van der Waals surface area contributed by atoms with Gasteiger partial charge in [-0.25, -0.2) is 0 Å². The second-order valence-electron chi connectivity index (χ2n) is 13.4. The van der Waals surface area contributed by atoms with Crippen LogP contribution in [0.4, 0.5) is 0 Å². The Morgan fingerprint density at radius 3 is 1.35 bits per heavy atom. The van der Waals surface area contributed by atoms with E-state index in [4.69, 9.17) is 0 Å². The molecule has 11 rings (SSSR count). The third-order valence-corrected chi connectivity index (χ3v) is 10.6. The Hall–Kier alpha value is -6.84. The molecule has 11 aromatic rings. The van der Waals surface area contributed by atoms with E-state index >= 15 is 0 Å². The van der Waals surface area contributed by atoms with Gasteiger partial charge in [-0.3, -0.25) is 0 Å². The van der Waals surface area contributed by atoms with Crippen molar-refractivity contribution in [3.8, 4) is 28.2 Å². The molecule has 3 heteroatoms. The molecule has 3 nitrogen and oxygen atoms in total. The van der Waals surface area contributed by atoms with Crippen LogP contribution in [0, 0.1) is 0 Å². The zero-order valence-electron chi connectivity index (χ0n) is 27.7. The highest BCUT2D eigenvalue weighted by Crippen LogP contribution is 2.43. The smallest absolute Gasteiger partial charge is 0.0641 e. The van der Waals surface area contributed by atoms with Gasteiger partial charge in [-0.2, -0.15) is 0 Å². The minimum Gasteiger partial charge on any atom is -0.309 e. The summed E-state index contributed by atoms with van der Waals surface area (Å²) in [6.07, 6.45) is 0. The highest BCUT2D eigenvalue weighted by Gasteiger charge is 2.21. The van der Waals surface area contributed by atoms with Crippen LogP contribution in [0.2, 0.25) is 0 Å². The molecule has 0 fully saturated rings. The maximum Gasteiger partial charge on any atom is 0.0641 e. The van der Waals surface area contributed by atoms with E-state index in [1.165, 1.54) is 76.5 Å². The third-order valence-electron chi connectivity index (χ3n) is 10.6. The van der Waals surface area contributed by atoms with Crippen LogP contribution in [-0.4, -0.2) is 13.7 Å². The minimum absolute atomic E-state index is 1.15. The van der Waals surface area contributed by atoms with Gasteiger partial charge in [0.1, 0.15) is 0 Å². The first kappa shape index (κ1) is 28.0. The van der Waals surface area contributed by atoms with Gasteiger partial charge in [-0.05, 0) is 77.9 Å². The van der Waals surface area contributed by atoms with E-state index in [0.29, 0.717) is 0 Å². The lowest BCUT2D eigenvalue weighted by atomic mass is 10.0. The molecular weight excluding hydrogens is 619 g/mol. The zero-order valence-corrected chi connectivity index (χ0v) is 27.7. The second kappa shape index (κ2) is 10.8. The van der Waals surface area contributed by atoms with Gasteiger partial charge in [0, 0.05) is 49.4 Å². The lowest BCUT2D eigenvalue weighted by Gasteiger charge is -2.11. The molecule has 0 spiro atoms. The van der Waals surface area contributed by atoms with Gasteiger partial charge < -0.3 is 13.7 Å². The first-order valence-corrected chi connectivity index (χ1v) is 17.5. The van der Waals surface area contributed by atoms with Crippen LogP contribution in [0.5, 0.6) is 0 Å². The quantitative estimate of drug-likeness (QED) is 0.180. The molecule has 0 radical (unpaired) electrons. The van der Waals surface area contributed by atoms with Gasteiger partial charge in [-0.1, -0.05) is 121 Å². The number of rotatable bonds is 4. The number of fused-ring (bicyclic) bond motifs is 10. The Kier molecular flexibility index (Phi) is 5.96.